The summed E-state index contributed by atoms with van der Waals surface area (Å²) in [6.45, 7) is 0.389. The van der Waals surface area contributed by atoms with E-state index in [1.807, 2.05) is 30.3 Å². The van der Waals surface area contributed by atoms with Crippen molar-refractivity contribution in [2.45, 2.75) is 18.9 Å². The smallest absolute Gasteiger partial charge is 0.307 e. The molecule has 2 rings (SSSR count). The van der Waals surface area contributed by atoms with Gasteiger partial charge in [0.1, 0.15) is 0 Å². The summed E-state index contributed by atoms with van der Waals surface area (Å²) in [7, 11) is 0. The molecule has 1 saturated heterocycles. The lowest BCUT2D eigenvalue weighted by atomic mass is 9.99. The first kappa shape index (κ1) is 11.8. The van der Waals surface area contributed by atoms with Gasteiger partial charge in [0.2, 0.25) is 0 Å². The highest BCUT2D eigenvalue weighted by Gasteiger charge is 2.32. The van der Waals surface area contributed by atoms with E-state index in [1.165, 1.54) is 0 Å². The van der Waals surface area contributed by atoms with Gasteiger partial charge in [-0.05, 0) is 12.0 Å². The zero-order valence-corrected chi connectivity index (χ0v) is 9.43. The highest BCUT2D eigenvalue weighted by molar-refractivity contribution is 5.87. The zero-order chi connectivity index (χ0) is 12.3. The number of hydrogen-bond donors (Lipinski definition) is 2. The molecule has 1 aromatic carbocycles. The maximum atomic E-state index is 11.9. The normalized spacial score (nSPS) is 23.5. The number of benzene rings is 1. The van der Waals surface area contributed by atoms with E-state index in [4.69, 9.17) is 5.11 Å². The predicted molar refractivity (Wildman–Crippen MR) is 62.7 cm³/mol. The summed E-state index contributed by atoms with van der Waals surface area (Å²) in [4.78, 5) is 22.7. The highest BCUT2D eigenvalue weighted by Crippen LogP contribution is 2.16. The zero-order valence-electron chi connectivity index (χ0n) is 9.43. The van der Waals surface area contributed by atoms with Crippen LogP contribution in [0.2, 0.25) is 0 Å². The first-order chi connectivity index (χ1) is 8.16. The van der Waals surface area contributed by atoms with Crippen LogP contribution in [0.5, 0.6) is 0 Å². The third kappa shape index (κ3) is 2.91. The Hall–Kier alpha value is -1.68. The van der Waals surface area contributed by atoms with Gasteiger partial charge in [-0.15, -0.1) is 0 Å². The Morgan fingerprint density at radius 1 is 1.29 bits per heavy atom. The minimum atomic E-state index is -0.826. The topological polar surface area (TPSA) is 66.4 Å². The van der Waals surface area contributed by atoms with E-state index in [-0.39, 0.29) is 11.8 Å². The Labute approximate surface area is 99.6 Å². The second-order valence-electron chi connectivity index (χ2n) is 4.36. The summed E-state index contributed by atoms with van der Waals surface area (Å²) < 4.78 is 0. The number of hydrogen-bond acceptors (Lipinski definition) is 3. The van der Waals surface area contributed by atoms with Gasteiger partial charge in [-0.1, -0.05) is 30.3 Å². The Kier molecular flexibility index (Phi) is 3.54. The summed E-state index contributed by atoms with van der Waals surface area (Å²) in [6, 6.07) is 9.19. The van der Waals surface area contributed by atoms with Gasteiger partial charge in [0.25, 0.3) is 0 Å². The molecule has 0 aromatic heterocycles. The number of ketones is 1. The van der Waals surface area contributed by atoms with Crippen molar-refractivity contribution in [1.82, 2.24) is 5.32 Å². The van der Waals surface area contributed by atoms with Crippen LogP contribution < -0.4 is 5.32 Å². The van der Waals surface area contributed by atoms with Crippen LogP contribution >= 0.6 is 0 Å². The molecule has 0 radical (unpaired) electrons. The molecule has 2 atom stereocenters. The first-order valence-corrected chi connectivity index (χ1v) is 5.69. The fraction of sp³-hybridized carbons (Fsp3) is 0.385. The second kappa shape index (κ2) is 5.10. The Morgan fingerprint density at radius 2 is 2.00 bits per heavy atom. The molecule has 4 heteroatoms. The van der Waals surface area contributed by atoms with Crippen molar-refractivity contribution in [3.63, 3.8) is 0 Å². The third-order valence-electron chi connectivity index (χ3n) is 3.09. The van der Waals surface area contributed by atoms with E-state index >= 15 is 0 Å². The molecule has 1 aliphatic rings. The molecule has 0 bridgehead atoms. The Balaban J connectivity index is 1.92. The van der Waals surface area contributed by atoms with Crippen LogP contribution in [0.1, 0.15) is 12.0 Å². The molecule has 0 amide bonds. The van der Waals surface area contributed by atoms with Crippen molar-refractivity contribution < 1.29 is 14.7 Å². The minimum absolute atomic E-state index is 0.0694. The van der Waals surface area contributed by atoms with Gasteiger partial charge in [0, 0.05) is 13.0 Å². The summed E-state index contributed by atoms with van der Waals surface area (Å²) in [5.41, 5.74) is 0.970. The molecule has 0 aliphatic carbocycles. The van der Waals surface area contributed by atoms with E-state index in [0.29, 0.717) is 19.4 Å². The van der Waals surface area contributed by atoms with Gasteiger partial charge in [0.05, 0.1) is 12.0 Å². The van der Waals surface area contributed by atoms with Crippen LogP contribution in [0.15, 0.2) is 30.3 Å². The summed E-state index contributed by atoms with van der Waals surface area (Å²) >= 11 is 0. The Morgan fingerprint density at radius 3 is 2.59 bits per heavy atom. The monoisotopic (exact) mass is 233 g/mol. The third-order valence-corrected chi connectivity index (χ3v) is 3.09. The largest absolute Gasteiger partial charge is 0.481 e. The molecule has 1 fully saturated rings. The highest BCUT2D eigenvalue weighted by atomic mass is 16.4. The number of Topliss-reactive ketones (excluding diaryl/α,β-unsaturated/α-hetero) is 1. The molecule has 90 valence electrons. The number of carbonyl (C=O) groups is 2. The number of aliphatic carboxylic acids is 1. The predicted octanol–water partition coefficient (Wildman–Crippen LogP) is 0.861. The average Bonchev–Trinajstić information content (AvgIpc) is 2.79. The van der Waals surface area contributed by atoms with E-state index in [0.717, 1.165) is 5.56 Å². The lowest BCUT2D eigenvalue weighted by molar-refractivity contribution is -0.141. The van der Waals surface area contributed by atoms with Crippen molar-refractivity contribution in [2.24, 2.45) is 5.92 Å². The molecule has 0 spiro atoms. The molecular formula is C13H15NO3. The quantitative estimate of drug-likeness (QED) is 0.809. The van der Waals surface area contributed by atoms with Crippen molar-refractivity contribution in [2.75, 3.05) is 6.54 Å². The number of carboxylic acids is 1. The summed E-state index contributed by atoms with van der Waals surface area (Å²) in [5, 5.41) is 11.8. The van der Waals surface area contributed by atoms with Crippen LogP contribution in [-0.4, -0.2) is 29.4 Å². The average molecular weight is 233 g/mol. The van der Waals surface area contributed by atoms with Crippen LogP contribution in [0.25, 0.3) is 0 Å². The summed E-state index contributed by atoms with van der Waals surface area (Å²) in [6.07, 6.45) is 0.770. The number of carboxylic acid groups (broad SMARTS) is 1. The Bertz CT molecular complexity index is 416. The van der Waals surface area contributed by atoms with Gasteiger partial charge in [-0.2, -0.15) is 0 Å². The fourth-order valence-corrected chi connectivity index (χ4v) is 2.09. The molecule has 1 heterocycles. The molecule has 2 N–H and O–H groups in total. The summed E-state index contributed by atoms with van der Waals surface area (Å²) in [5.74, 6) is -1.19. The van der Waals surface area contributed by atoms with E-state index in [2.05, 4.69) is 5.32 Å². The number of rotatable bonds is 4. The van der Waals surface area contributed by atoms with Crippen LogP contribution in [0, 0.1) is 5.92 Å². The van der Waals surface area contributed by atoms with Gasteiger partial charge >= 0.3 is 5.97 Å². The molecule has 1 aromatic rings. The fourth-order valence-electron chi connectivity index (χ4n) is 2.09. The molecule has 17 heavy (non-hydrogen) atoms. The van der Waals surface area contributed by atoms with Crippen LogP contribution in [0.3, 0.4) is 0 Å². The van der Waals surface area contributed by atoms with E-state index in [1.54, 1.807) is 0 Å². The molecule has 4 nitrogen and oxygen atoms in total. The van der Waals surface area contributed by atoms with Gasteiger partial charge in [0.15, 0.2) is 5.78 Å². The standard InChI is InChI=1S/C13H15NO3/c15-12(6-9-4-2-1-3-5-9)11-7-10(8-14-11)13(16)17/h1-5,10-11,14H,6-8H2,(H,16,17). The van der Waals surface area contributed by atoms with Crippen molar-refractivity contribution in [1.29, 1.82) is 0 Å². The van der Waals surface area contributed by atoms with Crippen molar-refractivity contribution in [3.8, 4) is 0 Å². The lowest BCUT2D eigenvalue weighted by Gasteiger charge is -2.08. The van der Waals surface area contributed by atoms with Crippen LogP contribution in [-0.2, 0) is 16.0 Å². The molecule has 1 aliphatic heterocycles. The van der Waals surface area contributed by atoms with Crippen molar-refractivity contribution >= 4 is 11.8 Å². The SMILES string of the molecule is O=C(O)C1CNC(C(=O)Cc2ccccc2)C1. The first-order valence-electron chi connectivity index (χ1n) is 5.69. The van der Waals surface area contributed by atoms with Crippen LogP contribution in [0.4, 0.5) is 0 Å². The van der Waals surface area contributed by atoms with E-state index < -0.39 is 11.9 Å². The molecule has 2 unspecified atom stereocenters. The van der Waals surface area contributed by atoms with Crippen molar-refractivity contribution in [3.05, 3.63) is 35.9 Å². The van der Waals surface area contributed by atoms with Gasteiger partial charge < -0.3 is 10.4 Å². The molecule has 0 saturated carbocycles. The minimum Gasteiger partial charge on any atom is -0.481 e. The lowest BCUT2D eigenvalue weighted by Crippen LogP contribution is -2.31. The van der Waals surface area contributed by atoms with Gasteiger partial charge in [-0.25, -0.2) is 0 Å². The maximum Gasteiger partial charge on any atom is 0.307 e. The number of nitrogens with one attached hydrogen (secondary N) is 1. The molecular weight excluding hydrogens is 218 g/mol. The number of carbonyl (C=O) groups excluding carboxylic acids is 1. The van der Waals surface area contributed by atoms with E-state index in [9.17, 15) is 9.59 Å². The van der Waals surface area contributed by atoms with Gasteiger partial charge in [-0.3, -0.25) is 9.59 Å². The maximum absolute atomic E-state index is 11.9. The second-order valence-corrected chi connectivity index (χ2v) is 4.36.